The molecule has 1 atom stereocenters. The molecule has 1 aromatic rings. The van der Waals surface area contributed by atoms with E-state index in [-0.39, 0.29) is 37.2 Å². The van der Waals surface area contributed by atoms with Gasteiger partial charge >= 0.3 is 0 Å². The fraction of sp³-hybridized carbons (Fsp3) is 0.692. The van der Waals surface area contributed by atoms with Gasteiger partial charge in [0.2, 0.25) is 5.95 Å². The number of nitrogens with zero attached hydrogens (tertiary/aromatic N) is 3. The first-order chi connectivity index (χ1) is 9.24. The van der Waals surface area contributed by atoms with Gasteiger partial charge in [0.15, 0.2) is 0 Å². The lowest BCUT2D eigenvalue weighted by atomic mass is 10.3. The lowest BCUT2D eigenvalue weighted by Crippen LogP contribution is -2.30. The lowest BCUT2D eigenvalue weighted by Gasteiger charge is -2.18. The number of anilines is 3. The van der Waals surface area contributed by atoms with Crippen molar-refractivity contribution in [3.63, 3.8) is 0 Å². The second-order valence-corrected chi connectivity index (χ2v) is 5.51. The molecule has 2 heterocycles. The minimum atomic E-state index is 0. The zero-order chi connectivity index (χ0) is 13.2. The van der Waals surface area contributed by atoms with E-state index < -0.39 is 0 Å². The van der Waals surface area contributed by atoms with Gasteiger partial charge < -0.3 is 21.3 Å². The van der Waals surface area contributed by atoms with Crippen molar-refractivity contribution in [3.8, 4) is 0 Å². The van der Waals surface area contributed by atoms with Crippen LogP contribution in [0.25, 0.3) is 0 Å². The fourth-order valence-electron chi connectivity index (χ4n) is 2.48. The summed E-state index contributed by atoms with van der Waals surface area (Å²) in [6.45, 7) is 2.99. The van der Waals surface area contributed by atoms with Gasteiger partial charge in [-0.25, -0.2) is 0 Å². The minimum Gasteiger partial charge on any atom is -0.370 e. The van der Waals surface area contributed by atoms with Gasteiger partial charge in [-0.15, -0.1) is 37.2 Å². The third-order valence-corrected chi connectivity index (χ3v) is 3.92. The summed E-state index contributed by atoms with van der Waals surface area (Å²) in [7, 11) is 2.01. The molecule has 3 rings (SSSR count). The van der Waals surface area contributed by atoms with E-state index in [0.717, 1.165) is 43.6 Å². The van der Waals surface area contributed by atoms with Gasteiger partial charge in [0, 0.05) is 31.7 Å². The number of nitrogen functional groups attached to an aromatic ring is 1. The smallest absolute Gasteiger partial charge is 0.223 e. The second-order valence-electron chi connectivity index (χ2n) is 5.51. The molecular weight excluding hydrogens is 347 g/mol. The first-order valence-electron chi connectivity index (χ1n) is 7.05. The first kappa shape index (κ1) is 21.3. The Hall–Kier alpha value is -0.690. The largest absolute Gasteiger partial charge is 0.370 e. The molecule has 1 saturated carbocycles. The fourth-order valence-corrected chi connectivity index (χ4v) is 2.48. The SMILES string of the molecule is CNC1CCN(c2cc(NCC3CC3)nc(N)n2)C1.Cl.Cl.Cl. The Morgan fingerprint density at radius 2 is 1.95 bits per heavy atom. The molecule has 0 bridgehead atoms. The highest BCUT2D eigenvalue weighted by Gasteiger charge is 2.24. The lowest BCUT2D eigenvalue weighted by molar-refractivity contribution is 0.616. The summed E-state index contributed by atoms with van der Waals surface area (Å²) >= 11 is 0. The molecule has 1 aliphatic carbocycles. The number of hydrogen-bond acceptors (Lipinski definition) is 6. The zero-order valence-corrected chi connectivity index (χ0v) is 15.1. The Morgan fingerprint density at radius 3 is 2.55 bits per heavy atom. The van der Waals surface area contributed by atoms with Gasteiger partial charge in [0.25, 0.3) is 0 Å². The standard InChI is InChI=1S/C13H22N6.3ClH/c1-15-10-4-5-19(8-10)12-6-11(17-13(14)18-12)16-7-9-2-3-9;;;/h6,9-10,15H,2-5,7-8H2,1H3,(H3,14,16,17,18);3*1H. The van der Waals surface area contributed by atoms with Crippen molar-refractivity contribution >= 4 is 54.8 Å². The van der Waals surface area contributed by atoms with Crippen LogP contribution < -0.4 is 21.3 Å². The highest BCUT2D eigenvalue weighted by molar-refractivity contribution is 5.86. The van der Waals surface area contributed by atoms with Crippen LogP contribution in [0.1, 0.15) is 19.3 Å². The maximum atomic E-state index is 5.81. The predicted molar refractivity (Wildman–Crippen MR) is 99.1 cm³/mol. The van der Waals surface area contributed by atoms with Crippen molar-refractivity contribution < 1.29 is 0 Å². The molecular formula is C13H25Cl3N6. The molecule has 1 aliphatic heterocycles. The van der Waals surface area contributed by atoms with E-state index in [9.17, 15) is 0 Å². The molecule has 0 spiro atoms. The molecule has 0 radical (unpaired) electrons. The van der Waals surface area contributed by atoms with E-state index >= 15 is 0 Å². The van der Waals surface area contributed by atoms with E-state index in [4.69, 9.17) is 5.73 Å². The summed E-state index contributed by atoms with van der Waals surface area (Å²) < 4.78 is 0. The third-order valence-electron chi connectivity index (χ3n) is 3.92. The molecule has 128 valence electrons. The number of nitrogens with two attached hydrogens (primary N) is 1. The molecule has 1 unspecified atom stereocenters. The molecule has 2 aliphatic rings. The van der Waals surface area contributed by atoms with Crippen LogP contribution in [0.4, 0.5) is 17.6 Å². The van der Waals surface area contributed by atoms with E-state index in [1.807, 2.05) is 13.1 Å². The summed E-state index contributed by atoms with van der Waals surface area (Å²) in [5.41, 5.74) is 5.81. The normalized spacial score (nSPS) is 19.7. The molecule has 1 aromatic heterocycles. The predicted octanol–water partition coefficient (Wildman–Crippen LogP) is 1.94. The van der Waals surface area contributed by atoms with E-state index in [1.165, 1.54) is 12.8 Å². The van der Waals surface area contributed by atoms with Crippen LogP contribution in [0.3, 0.4) is 0 Å². The summed E-state index contributed by atoms with van der Waals surface area (Å²) in [5.74, 6) is 2.95. The summed E-state index contributed by atoms with van der Waals surface area (Å²) in [6.07, 6.45) is 3.80. The van der Waals surface area contributed by atoms with E-state index in [0.29, 0.717) is 12.0 Å². The van der Waals surface area contributed by atoms with Crippen LogP contribution in [-0.2, 0) is 0 Å². The molecule has 0 aromatic carbocycles. The van der Waals surface area contributed by atoms with Crippen LogP contribution in [0.2, 0.25) is 0 Å². The van der Waals surface area contributed by atoms with Gasteiger partial charge in [-0.3, -0.25) is 0 Å². The van der Waals surface area contributed by atoms with Crippen molar-refractivity contribution in [1.82, 2.24) is 15.3 Å². The van der Waals surface area contributed by atoms with Crippen molar-refractivity contribution in [2.75, 3.05) is 42.6 Å². The average Bonchev–Trinajstić information content (AvgIpc) is 3.11. The topological polar surface area (TPSA) is 79.1 Å². The van der Waals surface area contributed by atoms with Crippen LogP contribution in [0.15, 0.2) is 6.07 Å². The van der Waals surface area contributed by atoms with Gasteiger partial charge in [-0.1, -0.05) is 0 Å². The molecule has 2 fully saturated rings. The van der Waals surface area contributed by atoms with Gasteiger partial charge in [0.1, 0.15) is 11.6 Å². The Morgan fingerprint density at radius 1 is 1.23 bits per heavy atom. The van der Waals surface area contributed by atoms with Crippen LogP contribution in [0.5, 0.6) is 0 Å². The molecule has 0 amide bonds. The minimum absolute atomic E-state index is 0. The Balaban J connectivity index is 0.00000147. The number of likely N-dealkylation sites (N-methyl/N-ethyl adjacent to an activating group) is 1. The highest BCUT2D eigenvalue weighted by atomic mass is 35.5. The maximum Gasteiger partial charge on any atom is 0.223 e. The Bertz CT molecular complexity index is 457. The quantitative estimate of drug-likeness (QED) is 0.734. The van der Waals surface area contributed by atoms with Gasteiger partial charge in [-0.2, -0.15) is 9.97 Å². The summed E-state index contributed by atoms with van der Waals surface area (Å²) in [5, 5.41) is 6.67. The first-order valence-corrected chi connectivity index (χ1v) is 7.05. The zero-order valence-electron chi connectivity index (χ0n) is 12.6. The molecule has 1 saturated heterocycles. The van der Waals surface area contributed by atoms with Gasteiger partial charge in [0.05, 0.1) is 0 Å². The Kier molecular flexibility index (Phi) is 9.15. The van der Waals surface area contributed by atoms with Crippen LogP contribution in [0, 0.1) is 5.92 Å². The maximum absolute atomic E-state index is 5.81. The van der Waals surface area contributed by atoms with Crippen molar-refractivity contribution in [2.45, 2.75) is 25.3 Å². The molecule has 9 heteroatoms. The monoisotopic (exact) mass is 370 g/mol. The van der Waals surface area contributed by atoms with Crippen LogP contribution >= 0.6 is 37.2 Å². The average molecular weight is 372 g/mol. The molecule has 4 N–H and O–H groups in total. The molecule has 6 nitrogen and oxygen atoms in total. The number of rotatable bonds is 5. The highest BCUT2D eigenvalue weighted by Crippen LogP contribution is 2.29. The number of hydrogen-bond donors (Lipinski definition) is 3. The van der Waals surface area contributed by atoms with Crippen molar-refractivity contribution in [2.24, 2.45) is 5.92 Å². The van der Waals surface area contributed by atoms with E-state index in [2.05, 4.69) is 25.5 Å². The van der Waals surface area contributed by atoms with E-state index in [1.54, 1.807) is 0 Å². The van der Waals surface area contributed by atoms with Crippen molar-refractivity contribution in [3.05, 3.63) is 6.07 Å². The second kappa shape index (κ2) is 9.45. The van der Waals surface area contributed by atoms with Crippen molar-refractivity contribution in [1.29, 1.82) is 0 Å². The summed E-state index contributed by atoms with van der Waals surface area (Å²) in [6, 6.07) is 2.55. The Labute approximate surface area is 150 Å². The van der Waals surface area contributed by atoms with Crippen LogP contribution in [-0.4, -0.2) is 42.7 Å². The summed E-state index contributed by atoms with van der Waals surface area (Å²) in [4.78, 5) is 10.9. The van der Waals surface area contributed by atoms with Gasteiger partial charge in [-0.05, 0) is 32.2 Å². The number of halogens is 3. The molecule has 22 heavy (non-hydrogen) atoms. The number of nitrogens with one attached hydrogen (secondary N) is 2. The third kappa shape index (κ3) is 5.50. The number of aromatic nitrogens is 2.